The number of likely N-dealkylation sites (N-methyl/N-ethyl adjacent to an activating group) is 1. The van der Waals surface area contributed by atoms with Gasteiger partial charge in [0.15, 0.2) is 16.4 Å². The van der Waals surface area contributed by atoms with Crippen LogP contribution in [0.4, 0.5) is 0 Å². The van der Waals surface area contributed by atoms with Crippen LogP contribution in [0.15, 0.2) is 48.5 Å². The number of ether oxygens (including phenoxy) is 2. The maximum Gasteiger partial charge on any atom is 0.338 e. The van der Waals surface area contributed by atoms with Crippen molar-refractivity contribution in [3.63, 3.8) is 0 Å². The zero-order chi connectivity index (χ0) is 21.4. The van der Waals surface area contributed by atoms with Gasteiger partial charge in [0.1, 0.15) is 5.75 Å². The minimum atomic E-state index is -3.15. The Morgan fingerprint density at radius 3 is 2.10 bits per heavy atom. The van der Waals surface area contributed by atoms with E-state index in [9.17, 15) is 18.0 Å². The van der Waals surface area contributed by atoms with E-state index in [1.165, 1.54) is 17.0 Å². The van der Waals surface area contributed by atoms with Gasteiger partial charge in [0.05, 0.1) is 17.9 Å². The molecular weight excluding hydrogens is 394 g/mol. The van der Waals surface area contributed by atoms with E-state index in [2.05, 4.69) is 0 Å². The fraction of sp³-hybridized carbons (Fsp3) is 0.333. The summed E-state index contributed by atoms with van der Waals surface area (Å²) in [6, 6.07) is 13.5. The summed E-state index contributed by atoms with van der Waals surface area (Å²) in [7, 11) is -1.51. The number of benzene rings is 2. The zero-order valence-electron chi connectivity index (χ0n) is 16.8. The van der Waals surface area contributed by atoms with Crippen LogP contribution in [0.3, 0.4) is 0 Å². The van der Waals surface area contributed by atoms with Crippen molar-refractivity contribution in [2.75, 3.05) is 26.5 Å². The highest BCUT2D eigenvalue weighted by atomic mass is 32.2. The predicted octanol–water partition coefficient (Wildman–Crippen LogP) is 2.45. The van der Waals surface area contributed by atoms with Crippen LogP contribution >= 0.6 is 0 Å². The van der Waals surface area contributed by atoms with Gasteiger partial charge in [0.25, 0.3) is 5.91 Å². The lowest BCUT2D eigenvalue weighted by molar-refractivity contribution is -0.133. The minimum absolute atomic E-state index is 0.100. The second kappa shape index (κ2) is 10.1. The van der Waals surface area contributed by atoms with Gasteiger partial charge in [-0.05, 0) is 42.3 Å². The molecule has 2 aromatic carbocycles. The Balaban J connectivity index is 1.84. The number of amides is 1. The summed E-state index contributed by atoms with van der Waals surface area (Å²) in [6.45, 7) is 2.50. The summed E-state index contributed by atoms with van der Waals surface area (Å²) >= 11 is 0. The van der Waals surface area contributed by atoms with E-state index in [4.69, 9.17) is 9.47 Å². The molecule has 0 aliphatic heterocycles. The summed E-state index contributed by atoms with van der Waals surface area (Å²) in [4.78, 5) is 25.8. The molecule has 2 rings (SSSR count). The summed E-state index contributed by atoms with van der Waals surface area (Å²) in [5.74, 6) is -0.307. The largest absolute Gasteiger partial charge is 0.494 e. The highest BCUT2D eigenvalue weighted by molar-refractivity contribution is 7.89. The van der Waals surface area contributed by atoms with Crippen molar-refractivity contribution in [1.82, 2.24) is 4.90 Å². The van der Waals surface area contributed by atoms with Gasteiger partial charge in [-0.1, -0.05) is 24.3 Å². The van der Waals surface area contributed by atoms with E-state index >= 15 is 0 Å². The lowest BCUT2D eigenvalue weighted by Crippen LogP contribution is -2.30. The first kappa shape index (κ1) is 22.4. The molecule has 0 aliphatic carbocycles. The molecule has 0 aliphatic rings. The molecule has 8 heteroatoms. The van der Waals surface area contributed by atoms with Crippen molar-refractivity contribution in [3.8, 4) is 5.75 Å². The van der Waals surface area contributed by atoms with E-state index < -0.39 is 15.8 Å². The Labute approximate surface area is 171 Å². The van der Waals surface area contributed by atoms with Crippen LogP contribution < -0.4 is 4.74 Å². The monoisotopic (exact) mass is 419 g/mol. The normalized spacial score (nSPS) is 11.0. The molecule has 0 spiro atoms. The molecule has 0 radical (unpaired) electrons. The smallest absolute Gasteiger partial charge is 0.338 e. The van der Waals surface area contributed by atoms with Gasteiger partial charge < -0.3 is 14.4 Å². The average Bonchev–Trinajstić information content (AvgIpc) is 2.67. The van der Waals surface area contributed by atoms with Gasteiger partial charge >= 0.3 is 5.97 Å². The minimum Gasteiger partial charge on any atom is -0.494 e. The maximum atomic E-state index is 12.2. The number of carbonyl (C=O) groups excluding carboxylic acids is 2. The molecule has 0 saturated heterocycles. The molecule has 1 amide bonds. The van der Waals surface area contributed by atoms with Crippen molar-refractivity contribution in [2.45, 2.75) is 19.2 Å². The third kappa shape index (κ3) is 7.57. The third-order valence-electron chi connectivity index (χ3n) is 4.03. The van der Waals surface area contributed by atoms with Crippen molar-refractivity contribution in [2.24, 2.45) is 0 Å². The van der Waals surface area contributed by atoms with Gasteiger partial charge in [0.2, 0.25) is 0 Å². The molecule has 2 aromatic rings. The first-order valence-electron chi connectivity index (χ1n) is 9.07. The molecule has 156 valence electrons. The summed E-state index contributed by atoms with van der Waals surface area (Å²) in [5.41, 5.74) is 1.76. The summed E-state index contributed by atoms with van der Waals surface area (Å²) < 4.78 is 33.1. The van der Waals surface area contributed by atoms with E-state index in [0.717, 1.165) is 17.6 Å². The highest BCUT2D eigenvalue weighted by Gasteiger charge is 2.14. The predicted molar refractivity (Wildman–Crippen MR) is 109 cm³/mol. The molecule has 0 aromatic heterocycles. The third-order valence-corrected chi connectivity index (χ3v) is 4.88. The van der Waals surface area contributed by atoms with Gasteiger partial charge in [-0.15, -0.1) is 0 Å². The molecule has 0 heterocycles. The van der Waals surface area contributed by atoms with Crippen molar-refractivity contribution < 1.29 is 27.5 Å². The number of sulfone groups is 1. The van der Waals surface area contributed by atoms with Crippen LogP contribution in [-0.2, 0) is 31.7 Å². The molecule has 0 saturated carbocycles. The lowest BCUT2D eigenvalue weighted by atomic mass is 10.1. The molecule has 0 unspecified atom stereocenters. The van der Waals surface area contributed by atoms with Crippen LogP contribution in [-0.4, -0.2) is 51.7 Å². The standard InChI is InChI=1S/C21H25NO6S/c1-4-27-19-11-7-16(8-12-19)13-22(2)20(23)14-28-21(24)18-9-5-17(6-10-18)15-29(3,25)26/h5-12H,4,13-15H2,1-3H3. The quantitative estimate of drug-likeness (QED) is 0.580. The lowest BCUT2D eigenvalue weighted by Gasteiger charge is -2.17. The Morgan fingerprint density at radius 1 is 0.966 bits per heavy atom. The summed E-state index contributed by atoms with van der Waals surface area (Å²) in [5, 5.41) is 0. The highest BCUT2D eigenvalue weighted by Crippen LogP contribution is 2.13. The Bertz CT molecular complexity index is 936. The molecule has 7 nitrogen and oxygen atoms in total. The van der Waals surface area contributed by atoms with Crippen LogP contribution in [0.2, 0.25) is 0 Å². The van der Waals surface area contributed by atoms with Gasteiger partial charge in [-0.3, -0.25) is 4.79 Å². The number of nitrogens with zero attached hydrogens (tertiary/aromatic N) is 1. The van der Waals surface area contributed by atoms with Gasteiger partial charge in [-0.25, -0.2) is 13.2 Å². The first-order valence-corrected chi connectivity index (χ1v) is 11.1. The van der Waals surface area contributed by atoms with E-state index in [0.29, 0.717) is 18.7 Å². The van der Waals surface area contributed by atoms with Gasteiger partial charge in [0, 0.05) is 19.8 Å². The van der Waals surface area contributed by atoms with E-state index in [1.54, 1.807) is 19.2 Å². The molecule has 29 heavy (non-hydrogen) atoms. The second-order valence-corrected chi connectivity index (χ2v) is 8.81. The summed E-state index contributed by atoms with van der Waals surface area (Å²) in [6.07, 6.45) is 1.14. The number of esters is 1. The zero-order valence-corrected chi connectivity index (χ0v) is 17.6. The SMILES string of the molecule is CCOc1ccc(CN(C)C(=O)COC(=O)c2ccc(CS(C)(=O)=O)cc2)cc1. The molecular formula is C21H25NO6S. The number of hydrogen-bond acceptors (Lipinski definition) is 6. The van der Waals surface area contributed by atoms with Crippen molar-refractivity contribution in [1.29, 1.82) is 0 Å². The van der Waals surface area contributed by atoms with E-state index in [1.807, 2.05) is 31.2 Å². The number of carbonyl (C=O) groups is 2. The van der Waals surface area contributed by atoms with Crippen LogP contribution in [0, 0.1) is 0 Å². The fourth-order valence-corrected chi connectivity index (χ4v) is 3.38. The Hall–Kier alpha value is -2.87. The molecule has 0 atom stereocenters. The molecule has 0 N–H and O–H groups in total. The fourth-order valence-electron chi connectivity index (χ4n) is 2.58. The van der Waals surface area contributed by atoms with E-state index in [-0.39, 0.29) is 23.8 Å². The number of rotatable bonds is 9. The van der Waals surface area contributed by atoms with Crippen LogP contribution in [0.1, 0.15) is 28.4 Å². The Kier molecular flexibility index (Phi) is 7.78. The van der Waals surface area contributed by atoms with Gasteiger partial charge in [-0.2, -0.15) is 0 Å². The Morgan fingerprint density at radius 2 is 1.55 bits per heavy atom. The van der Waals surface area contributed by atoms with Crippen molar-refractivity contribution in [3.05, 3.63) is 65.2 Å². The first-order chi connectivity index (χ1) is 13.7. The maximum absolute atomic E-state index is 12.2. The van der Waals surface area contributed by atoms with Crippen LogP contribution in [0.25, 0.3) is 0 Å². The molecule has 0 bridgehead atoms. The number of hydrogen-bond donors (Lipinski definition) is 0. The molecule has 0 fully saturated rings. The topological polar surface area (TPSA) is 90.0 Å². The van der Waals surface area contributed by atoms with Crippen molar-refractivity contribution >= 4 is 21.7 Å². The van der Waals surface area contributed by atoms with Crippen LogP contribution in [0.5, 0.6) is 5.75 Å². The second-order valence-electron chi connectivity index (χ2n) is 6.67. The average molecular weight is 419 g/mol.